The van der Waals surface area contributed by atoms with Crippen molar-refractivity contribution in [1.29, 1.82) is 0 Å². The molecule has 0 aromatic heterocycles. The number of rotatable bonds is 0. The van der Waals surface area contributed by atoms with Crippen LogP contribution in [0.4, 0.5) is 0 Å². The van der Waals surface area contributed by atoms with Crippen LogP contribution < -0.4 is 5.84 Å². The van der Waals surface area contributed by atoms with Crippen LogP contribution >= 0.6 is 0 Å². The molecule has 3 nitrogen and oxygen atoms in total. The molecule has 0 heterocycles. The Morgan fingerprint density at radius 3 is 2.38 bits per heavy atom. The molecule has 0 aliphatic heterocycles. The molecular weight excluding hydrogens is 164 g/mol. The van der Waals surface area contributed by atoms with Gasteiger partial charge in [-0.15, -0.1) is 0 Å². The Hall–Kier alpha value is -0.860. The third kappa shape index (κ3) is 0.713. The van der Waals surface area contributed by atoms with Gasteiger partial charge in [-0.05, 0) is 18.3 Å². The molecule has 2 unspecified atom stereocenters. The van der Waals surface area contributed by atoms with Crippen molar-refractivity contribution in [2.45, 2.75) is 33.6 Å². The van der Waals surface area contributed by atoms with E-state index in [1.165, 1.54) is 0 Å². The number of nitrogens with two attached hydrogens (primary N) is 1. The molecular formula is C10H16N2O. The monoisotopic (exact) mass is 180 g/mol. The number of carbonyl (C=O) groups is 1. The number of fused-ring (bicyclic) bond motifs is 2. The number of Topliss-reactive ketones (excluding diaryl/α,β-unsaturated/α-hetero) is 1. The van der Waals surface area contributed by atoms with Crippen LogP contribution in [0, 0.1) is 16.7 Å². The van der Waals surface area contributed by atoms with Crippen LogP contribution in [-0.4, -0.2) is 11.5 Å². The van der Waals surface area contributed by atoms with Gasteiger partial charge in [-0.2, -0.15) is 5.10 Å². The summed E-state index contributed by atoms with van der Waals surface area (Å²) in [7, 11) is 0. The smallest absolute Gasteiger partial charge is 0.185 e. The Kier molecular flexibility index (Phi) is 1.44. The Labute approximate surface area is 78.4 Å². The van der Waals surface area contributed by atoms with Gasteiger partial charge in [-0.3, -0.25) is 4.79 Å². The highest BCUT2D eigenvalue weighted by molar-refractivity contribution is 6.45. The van der Waals surface area contributed by atoms with Crippen LogP contribution in [0.3, 0.4) is 0 Å². The standard InChI is InChI=1S/C10H16N2O/c1-9(2)6-4-5-10(9,3)8(13)7(6)12-11/h6H,4-5,11H2,1-3H3. The first-order valence-electron chi connectivity index (χ1n) is 4.78. The second-order valence-electron chi connectivity index (χ2n) is 4.99. The van der Waals surface area contributed by atoms with Crippen molar-refractivity contribution in [2.75, 3.05) is 0 Å². The lowest BCUT2D eigenvalue weighted by Gasteiger charge is -2.31. The summed E-state index contributed by atoms with van der Waals surface area (Å²) in [5, 5.41) is 3.66. The highest BCUT2D eigenvalue weighted by Gasteiger charge is 2.65. The first-order chi connectivity index (χ1) is 5.95. The van der Waals surface area contributed by atoms with Gasteiger partial charge in [-0.25, -0.2) is 0 Å². The summed E-state index contributed by atoms with van der Waals surface area (Å²) in [4.78, 5) is 11.9. The van der Waals surface area contributed by atoms with Gasteiger partial charge in [0, 0.05) is 11.3 Å². The maximum Gasteiger partial charge on any atom is 0.185 e. The van der Waals surface area contributed by atoms with Crippen molar-refractivity contribution in [2.24, 2.45) is 27.7 Å². The molecule has 72 valence electrons. The van der Waals surface area contributed by atoms with Gasteiger partial charge in [0.25, 0.3) is 0 Å². The Morgan fingerprint density at radius 2 is 2.08 bits per heavy atom. The second kappa shape index (κ2) is 2.14. The Morgan fingerprint density at radius 1 is 1.46 bits per heavy atom. The third-order valence-corrected chi connectivity index (χ3v) is 4.43. The van der Waals surface area contributed by atoms with Gasteiger partial charge in [0.15, 0.2) is 5.78 Å². The summed E-state index contributed by atoms with van der Waals surface area (Å²) in [6, 6.07) is 0. The molecule has 2 aliphatic rings. The maximum absolute atomic E-state index is 11.9. The number of hydrogen-bond donors (Lipinski definition) is 1. The van der Waals surface area contributed by atoms with Crippen molar-refractivity contribution >= 4 is 11.5 Å². The summed E-state index contributed by atoms with van der Waals surface area (Å²) in [5.74, 6) is 5.72. The van der Waals surface area contributed by atoms with Gasteiger partial charge in [0.2, 0.25) is 0 Å². The van der Waals surface area contributed by atoms with Crippen LogP contribution in [0.5, 0.6) is 0 Å². The molecule has 2 aliphatic carbocycles. The molecule has 0 radical (unpaired) electrons. The lowest BCUT2D eigenvalue weighted by atomic mass is 9.70. The summed E-state index contributed by atoms with van der Waals surface area (Å²) in [6.07, 6.45) is 2.05. The fraction of sp³-hybridized carbons (Fsp3) is 0.800. The molecule has 3 heteroatoms. The zero-order chi connectivity index (χ0) is 9.85. The topological polar surface area (TPSA) is 55.4 Å². The van der Waals surface area contributed by atoms with Crippen LogP contribution in [0.1, 0.15) is 33.6 Å². The molecule has 2 saturated carbocycles. The molecule has 0 spiro atoms. The second-order valence-corrected chi connectivity index (χ2v) is 4.99. The number of hydrogen-bond acceptors (Lipinski definition) is 3. The van der Waals surface area contributed by atoms with Crippen molar-refractivity contribution in [3.8, 4) is 0 Å². The molecule has 2 rings (SSSR count). The van der Waals surface area contributed by atoms with Crippen molar-refractivity contribution in [1.82, 2.24) is 0 Å². The molecule has 0 aromatic carbocycles. The molecule has 2 atom stereocenters. The lowest BCUT2D eigenvalue weighted by molar-refractivity contribution is -0.123. The minimum absolute atomic E-state index is 0.0439. The number of hydrazone groups is 1. The van der Waals surface area contributed by atoms with Gasteiger partial charge in [-0.1, -0.05) is 20.8 Å². The van der Waals surface area contributed by atoms with E-state index in [0.717, 1.165) is 12.8 Å². The van der Waals surface area contributed by atoms with Gasteiger partial charge in [0.05, 0.1) is 0 Å². The SMILES string of the molecule is CC12CCC(C(=NN)C1=O)C2(C)C. The largest absolute Gasteiger partial charge is 0.323 e. The minimum atomic E-state index is -0.212. The lowest BCUT2D eigenvalue weighted by Crippen LogP contribution is -2.33. The highest BCUT2D eigenvalue weighted by atomic mass is 16.1. The van der Waals surface area contributed by atoms with Gasteiger partial charge in [0.1, 0.15) is 5.71 Å². The molecule has 2 bridgehead atoms. The number of carbonyl (C=O) groups excluding carboxylic acids is 1. The van der Waals surface area contributed by atoms with E-state index in [4.69, 9.17) is 5.84 Å². The van der Waals surface area contributed by atoms with E-state index in [-0.39, 0.29) is 22.5 Å². The highest BCUT2D eigenvalue weighted by Crippen LogP contribution is 2.62. The quantitative estimate of drug-likeness (QED) is 0.451. The molecule has 2 fully saturated rings. The van der Waals surface area contributed by atoms with E-state index in [1.807, 2.05) is 6.92 Å². The average Bonchev–Trinajstić information content (AvgIpc) is 2.36. The van der Waals surface area contributed by atoms with E-state index in [0.29, 0.717) is 5.71 Å². The molecule has 0 saturated heterocycles. The number of ketones is 1. The van der Waals surface area contributed by atoms with Crippen LogP contribution in [0.25, 0.3) is 0 Å². The summed E-state index contributed by atoms with van der Waals surface area (Å²) < 4.78 is 0. The van der Waals surface area contributed by atoms with Crippen LogP contribution in [-0.2, 0) is 4.79 Å². The van der Waals surface area contributed by atoms with Gasteiger partial charge >= 0.3 is 0 Å². The van der Waals surface area contributed by atoms with Crippen molar-refractivity contribution in [3.63, 3.8) is 0 Å². The predicted molar refractivity (Wildman–Crippen MR) is 51.2 cm³/mol. The fourth-order valence-corrected chi connectivity index (χ4v) is 2.97. The molecule has 0 amide bonds. The van der Waals surface area contributed by atoms with Crippen LogP contribution in [0.15, 0.2) is 5.10 Å². The van der Waals surface area contributed by atoms with Crippen molar-refractivity contribution < 1.29 is 4.79 Å². The van der Waals surface area contributed by atoms with Crippen LogP contribution in [0.2, 0.25) is 0 Å². The average molecular weight is 180 g/mol. The molecule has 2 N–H and O–H groups in total. The Balaban J connectivity index is 2.57. The maximum atomic E-state index is 11.9. The predicted octanol–water partition coefficient (Wildman–Crippen LogP) is 1.33. The van der Waals surface area contributed by atoms with E-state index in [1.54, 1.807) is 0 Å². The Bertz CT molecular complexity index is 306. The summed E-state index contributed by atoms with van der Waals surface area (Å²) in [5.41, 5.74) is 0.455. The van der Waals surface area contributed by atoms with E-state index in [2.05, 4.69) is 18.9 Å². The van der Waals surface area contributed by atoms with E-state index >= 15 is 0 Å². The van der Waals surface area contributed by atoms with Crippen molar-refractivity contribution in [3.05, 3.63) is 0 Å². The van der Waals surface area contributed by atoms with Gasteiger partial charge < -0.3 is 5.84 Å². The first kappa shape index (κ1) is 8.73. The summed E-state index contributed by atoms with van der Waals surface area (Å²) >= 11 is 0. The third-order valence-electron chi connectivity index (χ3n) is 4.43. The van der Waals surface area contributed by atoms with E-state index in [9.17, 15) is 4.79 Å². The zero-order valence-corrected chi connectivity index (χ0v) is 8.42. The van der Waals surface area contributed by atoms with E-state index < -0.39 is 0 Å². The summed E-state index contributed by atoms with van der Waals surface area (Å²) in [6.45, 7) is 6.36. The molecule has 0 aromatic rings. The molecule has 13 heavy (non-hydrogen) atoms. The normalized spacial score (nSPS) is 44.7. The zero-order valence-electron chi connectivity index (χ0n) is 8.42. The fourth-order valence-electron chi connectivity index (χ4n) is 2.97. The number of nitrogens with zero attached hydrogens (tertiary/aromatic N) is 1. The first-order valence-corrected chi connectivity index (χ1v) is 4.78. The minimum Gasteiger partial charge on any atom is -0.323 e.